The van der Waals surface area contributed by atoms with Gasteiger partial charge in [0.1, 0.15) is 24.4 Å². The molecule has 200 valence electrons. The zero-order valence-electron chi connectivity index (χ0n) is 19.6. The Morgan fingerprint density at radius 3 is 2.44 bits per heavy atom. The van der Waals surface area contributed by atoms with Crippen LogP contribution in [0.15, 0.2) is 0 Å². The van der Waals surface area contributed by atoms with E-state index in [1.807, 2.05) is 0 Å². The highest BCUT2D eigenvalue weighted by Crippen LogP contribution is 2.62. The minimum atomic E-state index is -5.97. The fourth-order valence-electron chi connectivity index (χ4n) is 8.29. The zero-order valence-corrected chi connectivity index (χ0v) is 20.4. The van der Waals surface area contributed by atoms with E-state index in [2.05, 4.69) is 0 Å². The van der Waals surface area contributed by atoms with Gasteiger partial charge in [0.15, 0.2) is 0 Å². The average molecular weight is 535 g/mol. The normalized spacial score (nSPS) is 46.2. The molecule has 36 heavy (non-hydrogen) atoms. The molecule has 7 unspecified atom stereocenters. The van der Waals surface area contributed by atoms with Crippen LogP contribution in [0, 0.1) is 35.5 Å². The van der Waals surface area contributed by atoms with E-state index in [-0.39, 0.29) is 54.2 Å². The van der Waals surface area contributed by atoms with E-state index >= 15 is 0 Å². The van der Waals surface area contributed by atoms with Gasteiger partial charge in [-0.3, -0.25) is 9.35 Å². The molecular formula is C23H28F2O10S. The lowest BCUT2D eigenvalue weighted by molar-refractivity contribution is -0.253. The van der Waals surface area contributed by atoms with E-state index in [0.717, 1.165) is 6.42 Å². The molecule has 7 aliphatic rings. The van der Waals surface area contributed by atoms with Gasteiger partial charge in [0.05, 0.1) is 11.5 Å². The van der Waals surface area contributed by atoms with Crippen molar-refractivity contribution < 1.29 is 55.1 Å². The first-order valence-electron chi connectivity index (χ1n) is 12.3. The van der Waals surface area contributed by atoms with E-state index in [1.54, 1.807) is 0 Å². The first-order valence-corrected chi connectivity index (χ1v) is 13.8. The van der Waals surface area contributed by atoms with Gasteiger partial charge >= 0.3 is 33.3 Å². The van der Waals surface area contributed by atoms with Crippen LogP contribution in [0.4, 0.5) is 8.78 Å². The first kappa shape index (κ1) is 24.5. The number of fused-ring (bicyclic) bond motifs is 1. The largest absolute Gasteiger partial charge is 0.465 e. The van der Waals surface area contributed by atoms with E-state index in [4.69, 9.17) is 23.5 Å². The number of carbonyl (C=O) groups is 3. The Labute approximate surface area is 206 Å². The van der Waals surface area contributed by atoms with Crippen LogP contribution in [0.3, 0.4) is 0 Å². The summed E-state index contributed by atoms with van der Waals surface area (Å²) in [7, 11) is -5.97. The Morgan fingerprint density at radius 2 is 1.81 bits per heavy atom. The van der Waals surface area contributed by atoms with Crippen molar-refractivity contribution in [3.05, 3.63) is 0 Å². The van der Waals surface area contributed by atoms with Crippen LogP contribution in [0.1, 0.15) is 51.9 Å². The van der Waals surface area contributed by atoms with Crippen LogP contribution in [-0.4, -0.2) is 66.1 Å². The maximum Gasteiger partial charge on any atom is 0.465 e. The second-order valence-corrected chi connectivity index (χ2v) is 13.2. The summed E-state index contributed by atoms with van der Waals surface area (Å²) in [5.41, 5.74) is -2.05. The average Bonchev–Trinajstić information content (AvgIpc) is 3.40. The molecule has 0 amide bonds. The predicted octanol–water partition coefficient (Wildman–Crippen LogP) is 1.86. The maximum atomic E-state index is 13.9. The molecule has 0 spiro atoms. The van der Waals surface area contributed by atoms with E-state index in [0.29, 0.717) is 38.5 Å². The lowest BCUT2D eigenvalue weighted by Crippen LogP contribution is -2.65. The SMILES string of the molecule is CC1(OC(=O)C(F)(F)S(=O)(=O)O)C2CC3CC1CC(OCC(=O)OC1C4CC5C(=O)OC1C5C4)(C3)C2. The number of ether oxygens (including phenoxy) is 4. The molecule has 1 N–H and O–H groups in total. The van der Waals surface area contributed by atoms with Gasteiger partial charge in [0.2, 0.25) is 0 Å². The Bertz CT molecular complexity index is 1110. The Morgan fingerprint density at radius 1 is 1.14 bits per heavy atom. The molecule has 0 aromatic rings. The molecule has 1 aliphatic heterocycles. The van der Waals surface area contributed by atoms with Crippen molar-refractivity contribution in [2.75, 3.05) is 6.61 Å². The molecule has 0 radical (unpaired) electrons. The van der Waals surface area contributed by atoms with Crippen molar-refractivity contribution in [3.8, 4) is 0 Å². The Hall–Kier alpha value is -1.86. The molecule has 6 saturated carbocycles. The molecular weight excluding hydrogens is 506 g/mol. The van der Waals surface area contributed by atoms with Gasteiger partial charge < -0.3 is 18.9 Å². The van der Waals surface area contributed by atoms with E-state index in [9.17, 15) is 31.6 Å². The van der Waals surface area contributed by atoms with Gasteiger partial charge in [-0.1, -0.05) is 0 Å². The third-order valence-electron chi connectivity index (χ3n) is 9.81. The molecule has 0 aromatic carbocycles. The summed E-state index contributed by atoms with van der Waals surface area (Å²) >= 11 is 0. The molecule has 10 nitrogen and oxygen atoms in total. The van der Waals surface area contributed by atoms with Gasteiger partial charge in [0.25, 0.3) is 0 Å². The number of hydrogen-bond donors (Lipinski definition) is 1. The van der Waals surface area contributed by atoms with Gasteiger partial charge in [0, 0.05) is 23.7 Å². The molecule has 7 fully saturated rings. The molecule has 7 atom stereocenters. The maximum absolute atomic E-state index is 13.9. The van der Waals surface area contributed by atoms with Crippen molar-refractivity contribution in [2.24, 2.45) is 35.5 Å². The summed E-state index contributed by atoms with van der Waals surface area (Å²) in [4.78, 5) is 36.7. The third-order valence-corrected chi connectivity index (χ3v) is 10.6. The second-order valence-electron chi connectivity index (χ2n) is 11.7. The summed E-state index contributed by atoms with van der Waals surface area (Å²) in [6, 6.07) is 0. The molecule has 13 heteroatoms. The Balaban J connectivity index is 1.10. The molecule has 6 aliphatic carbocycles. The van der Waals surface area contributed by atoms with Crippen molar-refractivity contribution in [1.82, 2.24) is 0 Å². The lowest BCUT2D eigenvalue weighted by Gasteiger charge is -2.63. The monoisotopic (exact) mass is 534 g/mol. The molecule has 7 rings (SSSR count). The van der Waals surface area contributed by atoms with Crippen molar-refractivity contribution in [3.63, 3.8) is 0 Å². The number of hydrogen-bond acceptors (Lipinski definition) is 9. The topological polar surface area (TPSA) is 142 Å². The highest BCUT2D eigenvalue weighted by atomic mass is 32.2. The first-order chi connectivity index (χ1) is 16.7. The fraction of sp³-hybridized carbons (Fsp3) is 0.870. The van der Waals surface area contributed by atoms with Crippen LogP contribution in [0.2, 0.25) is 0 Å². The number of halogens is 2. The van der Waals surface area contributed by atoms with Crippen LogP contribution in [0.5, 0.6) is 0 Å². The van der Waals surface area contributed by atoms with Crippen LogP contribution < -0.4 is 0 Å². The summed E-state index contributed by atoms with van der Waals surface area (Å²) < 4.78 is 80.8. The number of carbonyl (C=O) groups excluding carboxylic acids is 3. The quantitative estimate of drug-likeness (QED) is 0.292. The summed E-state index contributed by atoms with van der Waals surface area (Å²) in [5, 5.41) is -5.06. The van der Waals surface area contributed by atoms with Crippen LogP contribution in [-0.2, 0) is 43.4 Å². The number of esters is 3. The minimum Gasteiger partial charge on any atom is -0.458 e. The lowest BCUT2D eigenvalue weighted by atomic mass is 9.48. The van der Waals surface area contributed by atoms with E-state index in [1.165, 1.54) is 6.92 Å². The van der Waals surface area contributed by atoms with E-state index < -0.39 is 44.6 Å². The summed E-state index contributed by atoms with van der Waals surface area (Å²) in [6.45, 7) is 1.22. The van der Waals surface area contributed by atoms with Gasteiger partial charge in [-0.15, -0.1) is 0 Å². The Kier molecular flexibility index (Phi) is 5.16. The fourth-order valence-corrected chi connectivity index (χ4v) is 8.54. The van der Waals surface area contributed by atoms with Crippen molar-refractivity contribution in [2.45, 2.75) is 80.5 Å². The molecule has 1 saturated heterocycles. The van der Waals surface area contributed by atoms with Crippen LogP contribution >= 0.6 is 0 Å². The predicted molar refractivity (Wildman–Crippen MR) is 113 cm³/mol. The zero-order chi connectivity index (χ0) is 25.8. The second kappa shape index (κ2) is 7.59. The van der Waals surface area contributed by atoms with Crippen LogP contribution in [0.25, 0.3) is 0 Å². The summed E-state index contributed by atoms with van der Waals surface area (Å²) in [6.07, 6.45) is 3.19. The standard InChI is InChI=1S/C23H28F2O10S/c1-21(35-20(28)23(24,25)36(29,30)31)12-2-10-3-13(21)8-22(6-10,7-12)32-9-16(26)33-17-11-4-14-15(5-11)19(27)34-18(14)17/h10-15,17-18H,2-9H2,1H3,(H,29,30,31). The highest BCUT2D eigenvalue weighted by Gasteiger charge is 2.66. The van der Waals surface area contributed by atoms with Gasteiger partial charge in [-0.05, 0) is 57.8 Å². The third kappa shape index (κ3) is 3.44. The highest BCUT2D eigenvalue weighted by molar-refractivity contribution is 7.87. The molecule has 6 bridgehead atoms. The summed E-state index contributed by atoms with van der Waals surface area (Å²) in [5.74, 6) is -3.48. The number of alkyl halides is 2. The van der Waals surface area contributed by atoms with Gasteiger partial charge in [-0.25, -0.2) is 9.59 Å². The smallest absolute Gasteiger partial charge is 0.458 e. The van der Waals surface area contributed by atoms with Gasteiger partial charge in [-0.2, -0.15) is 17.2 Å². The van der Waals surface area contributed by atoms with Crippen molar-refractivity contribution >= 4 is 28.0 Å². The molecule has 0 aromatic heterocycles. The minimum absolute atomic E-state index is 0.0842. The molecule has 1 heterocycles. The number of rotatable bonds is 7. The van der Waals surface area contributed by atoms with Crippen molar-refractivity contribution in [1.29, 1.82) is 0 Å².